The Labute approximate surface area is 124 Å². The number of hydrogen-bond donors (Lipinski definition) is 0. The van der Waals surface area contributed by atoms with Crippen LogP contribution >= 0.6 is 0 Å². The van der Waals surface area contributed by atoms with Crippen LogP contribution in [0.3, 0.4) is 0 Å². The Hall–Kier alpha value is -1.89. The minimum Gasteiger partial charge on any atom is -0.166 e. The average molecular weight is 348 g/mol. The van der Waals surface area contributed by atoms with Crippen molar-refractivity contribution in [1.29, 1.82) is 0 Å². The van der Waals surface area contributed by atoms with Crippen molar-refractivity contribution in [2.75, 3.05) is 0 Å². The molecular formula is C14H9F9. The van der Waals surface area contributed by atoms with Gasteiger partial charge < -0.3 is 0 Å². The van der Waals surface area contributed by atoms with Crippen LogP contribution in [-0.2, 0) is 12.4 Å². The molecular weight excluding hydrogens is 339 g/mol. The second kappa shape index (κ2) is 6.31. The van der Waals surface area contributed by atoms with E-state index in [2.05, 4.69) is 0 Å². The molecule has 1 aromatic carbocycles. The van der Waals surface area contributed by atoms with Gasteiger partial charge >= 0.3 is 18.5 Å². The molecule has 0 aromatic heterocycles. The number of hydrogen-bond acceptors (Lipinski definition) is 0. The van der Waals surface area contributed by atoms with Gasteiger partial charge in [-0.05, 0) is 30.2 Å². The fourth-order valence-electron chi connectivity index (χ4n) is 1.69. The van der Waals surface area contributed by atoms with Crippen LogP contribution in [0, 0.1) is 0 Å². The molecule has 0 bridgehead atoms. The molecule has 0 aliphatic carbocycles. The fourth-order valence-corrected chi connectivity index (χ4v) is 1.69. The summed E-state index contributed by atoms with van der Waals surface area (Å²) in [4.78, 5) is 0. The van der Waals surface area contributed by atoms with Crippen molar-refractivity contribution < 1.29 is 39.5 Å². The molecule has 0 spiro atoms. The van der Waals surface area contributed by atoms with Gasteiger partial charge in [0.2, 0.25) is 0 Å². The zero-order valence-corrected chi connectivity index (χ0v) is 11.4. The first-order valence-electron chi connectivity index (χ1n) is 6.07. The van der Waals surface area contributed by atoms with Gasteiger partial charge in [-0.1, -0.05) is 6.92 Å². The lowest BCUT2D eigenvalue weighted by Gasteiger charge is -2.14. The largest absolute Gasteiger partial charge is 0.416 e. The van der Waals surface area contributed by atoms with E-state index >= 15 is 0 Å². The standard InChI is InChI=1S/C14H9F9/c1-2-8(3-4-12(15,16)17)9-5-10(13(18,19)20)7-11(6-9)14(21,22)23/h4-7H,2H2,1H3. The summed E-state index contributed by atoms with van der Waals surface area (Å²) in [5, 5.41) is 0. The van der Waals surface area contributed by atoms with Gasteiger partial charge in [-0.3, -0.25) is 0 Å². The maximum Gasteiger partial charge on any atom is 0.416 e. The van der Waals surface area contributed by atoms with E-state index in [0.29, 0.717) is 12.1 Å². The highest BCUT2D eigenvalue weighted by atomic mass is 19.4. The summed E-state index contributed by atoms with van der Waals surface area (Å²) in [6, 6.07) is 0.640. The molecule has 0 heterocycles. The third-order valence-corrected chi connectivity index (χ3v) is 2.70. The SMILES string of the molecule is CCC(=C=CC(F)(F)F)c1cc(C(F)(F)F)cc(C(F)(F)F)c1. The first-order valence-corrected chi connectivity index (χ1v) is 6.07. The van der Waals surface area contributed by atoms with Gasteiger partial charge in [-0.25, -0.2) is 0 Å². The normalized spacial score (nSPS) is 12.8. The maximum atomic E-state index is 12.7. The summed E-state index contributed by atoms with van der Waals surface area (Å²) in [6.45, 7) is 1.29. The molecule has 0 saturated carbocycles. The van der Waals surface area contributed by atoms with E-state index in [0.717, 1.165) is 0 Å². The zero-order chi connectivity index (χ0) is 18.1. The summed E-state index contributed by atoms with van der Waals surface area (Å²) in [7, 11) is 0. The second-order valence-corrected chi connectivity index (χ2v) is 4.46. The van der Waals surface area contributed by atoms with E-state index in [1.165, 1.54) is 6.92 Å². The quantitative estimate of drug-likeness (QED) is 0.439. The Morgan fingerprint density at radius 3 is 1.61 bits per heavy atom. The molecule has 0 N–H and O–H groups in total. The number of halogens is 9. The summed E-state index contributed by atoms with van der Waals surface area (Å²) < 4.78 is 113. The Kier molecular flexibility index (Phi) is 5.26. The van der Waals surface area contributed by atoms with Crippen LogP contribution < -0.4 is 0 Å². The molecule has 0 atom stereocenters. The monoisotopic (exact) mass is 348 g/mol. The molecule has 0 amide bonds. The highest BCUT2D eigenvalue weighted by Crippen LogP contribution is 2.38. The smallest absolute Gasteiger partial charge is 0.166 e. The molecule has 1 aromatic rings. The summed E-state index contributed by atoms with van der Waals surface area (Å²) in [6.07, 6.45) is -15.5. The Balaban J connectivity index is 3.60. The van der Waals surface area contributed by atoms with Crippen molar-refractivity contribution in [3.8, 4) is 0 Å². The van der Waals surface area contributed by atoms with E-state index in [-0.39, 0.29) is 18.6 Å². The summed E-state index contributed by atoms with van der Waals surface area (Å²) in [5.41, 5.74) is -2.51. The van der Waals surface area contributed by atoms with Crippen molar-refractivity contribution in [3.63, 3.8) is 0 Å². The van der Waals surface area contributed by atoms with Crippen molar-refractivity contribution >= 4 is 5.57 Å². The lowest BCUT2D eigenvalue weighted by atomic mass is 9.98. The highest BCUT2D eigenvalue weighted by Gasteiger charge is 2.37. The van der Waals surface area contributed by atoms with E-state index in [4.69, 9.17) is 0 Å². The lowest BCUT2D eigenvalue weighted by Crippen LogP contribution is -2.11. The predicted octanol–water partition coefficient (Wildman–Crippen LogP) is 6.24. The van der Waals surface area contributed by atoms with Crippen LogP contribution in [0.5, 0.6) is 0 Å². The molecule has 0 radical (unpaired) electrons. The van der Waals surface area contributed by atoms with Crippen LogP contribution in [0.15, 0.2) is 30.0 Å². The maximum absolute atomic E-state index is 12.7. The minimum absolute atomic E-state index is 0.0930. The van der Waals surface area contributed by atoms with Gasteiger partial charge in [0.05, 0.1) is 17.2 Å². The molecule has 0 saturated heterocycles. The van der Waals surface area contributed by atoms with Crippen LogP contribution in [-0.4, -0.2) is 6.18 Å². The lowest BCUT2D eigenvalue weighted by molar-refractivity contribution is -0.143. The number of benzene rings is 1. The number of rotatable bonds is 2. The fraction of sp³-hybridized carbons (Fsp3) is 0.357. The van der Waals surface area contributed by atoms with E-state index in [9.17, 15) is 39.5 Å². The van der Waals surface area contributed by atoms with Crippen LogP contribution in [0.4, 0.5) is 39.5 Å². The summed E-state index contributed by atoms with van der Waals surface area (Å²) in [5.74, 6) is 0. The van der Waals surface area contributed by atoms with Crippen molar-refractivity contribution in [3.05, 3.63) is 46.7 Å². The van der Waals surface area contributed by atoms with Crippen molar-refractivity contribution in [1.82, 2.24) is 0 Å². The number of allylic oxidation sites excluding steroid dienone is 1. The first-order chi connectivity index (χ1) is 10.2. The molecule has 23 heavy (non-hydrogen) atoms. The Bertz CT molecular complexity index is 591. The number of alkyl halides is 9. The molecule has 0 unspecified atom stereocenters. The highest BCUT2D eigenvalue weighted by molar-refractivity contribution is 5.66. The van der Waals surface area contributed by atoms with Gasteiger partial charge in [-0.2, -0.15) is 39.5 Å². The van der Waals surface area contributed by atoms with Crippen LogP contribution in [0.2, 0.25) is 0 Å². The van der Waals surface area contributed by atoms with Gasteiger partial charge in [0.25, 0.3) is 0 Å². The second-order valence-electron chi connectivity index (χ2n) is 4.46. The summed E-state index contributed by atoms with van der Waals surface area (Å²) >= 11 is 0. The molecule has 1 rings (SSSR count). The Morgan fingerprint density at radius 1 is 0.870 bits per heavy atom. The van der Waals surface area contributed by atoms with Crippen LogP contribution in [0.25, 0.3) is 5.57 Å². The molecule has 0 aliphatic rings. The van der Waals surface area contributed by atoms with Gasteiger partial charge in [0.1, 0.15) is 0 Å². The van der Waals surface area contributed by atoms with Gasteiger partial charge in [0.15, 0.2) is 0 Å². The first kappa shape index (κ1) is 19.2. The van der Waals surface area contributed by atoms with Crippen LogP contribution in [0.1, 0.15) is 30.0 Å². The van der Waals surface area contributed by atoms with Crippen molar-refractivity contribution in [2.24, 2.45) is 0 Å². The molecule has 0 nitrogen and oxygen atoms in total. The van der Waals surface area contributed by atoms with E-state index < -0.39 is 40.8 Å². The zero-order valence-electron chi connectivity index (χ0n) is 11.4. The molecule has 9 heteroatoms. The predicted molar refractivity (Wildman–Crippen MR) is 64.3 cm³/mol. The topological polar surface area (TPSA) is 0 Å². The molecule has 0 fully saturated rings. The molecule has 0 aliphatic heterocycles. The molecule has 128 valence electrons. The average Bonchev–Trinajstić information content (AvgIpc) is 2.35. The third-order valence-electron chi connectivity index (χ3n) is 2.70. The van der Waals surface area contributed by atoms with Crippen molar-refractivity contribution in [2.45, 2.75) is 31.9 Å². The Morgan fingerprint density at radius 2 is 1.30 bits per heavy atom. The van der Waals surface area contributed by atoms with E-state index in [1.54, 1.807) is 5.73 Å². The van der Waals surface area contributed by atoms with E-state index in [1.807, 2.05) is 0 Å². The minimum atomic E-state index is -5.07. The van der Waals surface area contributed by atoms with Gasteiger partial charge in [0, 0.05) is 5.57 Å². The van der Waals surface area contributed by atoms with Gasteiger partial charge in [-0.15, -0.1) is 5.73 Å². The third kappa shape index (κ3) is 5.67.